The standard InChI is InChI=1S/C39H62O18/c1-17-11-38-9-5-22-36(2,23(38)6-10-39(17,16-38)57-33-31(50)29(48)25(44)19(13-41)54-33)7-4-8-37(22,3)35(51)56-34-32(30(49)26(45)20(14-42)55-34)52-15-21-27(46)28(47)24(43)18(12-40)53-21/h18-34,40-50H,1,4-16H2,2-3H3/t18?,19?,20?,21?,22?,23-,24?,25?,26?,27?,28?,29?,30?,31?,32?,33?,34?,36+,37+,38+,39?/m0/s1. The number of carbonyl (C=O) groups is 1. The lowest BCUT2D eigenvalue weighted by molar-refractivity contribution is -0.327. The maximum absolute atomic E-state index is 14.6. The van der Waals surface area contributed by atoms with E-state index in [0.717, 1.165) is 24.8 Å². The van der Waals surface area contributed by atoms with Crippen molar-refractivity contribution in [2.45, 2.75) is 169 Å². The van der Waals surface area contributed by atoms with Crippen LogP contribution in [0.3, 0.4) is 0 Å². The Morgan fingerprint density at radius 1 is 0.684 bits per heavy atom. The van der Waals surface area contributed by atoms with Gasteiger partial charge < -0.3 is 84.6 Å². The summed E-state index contributed by atoms with van der Waals surface area (Å²) >= 11 is 0. The van der Waals surface area contributed by atoms with Crippen LogP contribution in [0, 0.1) is 28.1 Å². The third kappa shape index (κ3) is 7.12. The summed E-state index contributed by atoms with van der Waals surface area (Å²) in [5.41, 5.74) is -1.60. The van der Waals surface area contributed by atoms with Gasteiger partial charge in [0, 0.05) is 0 Å². The molecule has 11 N–H and O–H groups in total. The van der Waals surface area contributed by atoms with Crippen molar-refractivity contribution < 1.29 is 89.4 Å². The van der Waals surface area contributed by atoms with E-state index in [4.69, 9.17) is 28.4 Å². The molecule has 21 atom stereocenters. The fourth-order valence-electron chi connectivity index (χ4n) is 12.2. The number of aliphatic hydroxyl groups excluding tert-OH is 11. The lowest BCUT2D eigenvalue weighted by atomic mass is 9.41. The number of aliphatic hydroxyl groups is 11. The normalized spacial score (nSPS) is 53.8. The van der Waals surface area contributed by atoms with Crippen LogP contribution < -0.4 is 0 Å². The van der Waals surface area contributed by atoms with Gasteiger partial charge in [0.1, 0.15) is 79.4 Å². The Morgan fingerprint density at radius 2 is 1.25 bits per heavy atom. The monoisotopic (exact) mass is 818 g/mol. The molecule has 18 nitrogen and oxygen atoms in total. The molecule has 7 aliphatic rings. The molecule has 0 aromatic carbocycles. The van der Waals surface area contributed by atoms with Crippen LogP contribution in [0.1, 0.15) is 71.6 Å². The SMILES string of the molecule is C=C1C[C@@]23CCC4[C@](C)(C(=O)OC5OC(CO)C(O)C(O)C5OCC5OC(CO)C(O)C(O)C5O)CCC[C@@]4(C)[C@@H]2CCC1(OC1OC(CO)C(O)C(O)C1O)C3. The quantitative estimate of drug-likeness (QED) is 0.0599. The zero-order valence-electron chi connectivity index (χ0n) is 32.5. The third-order valence-electron chi connectivity index (χ3n) is 15.3. The Bertz CT molecular complexity index is 1470. The summed E-state index contributed by atoms with van der Waals surface area (Å²) in [5.74, 6) is -0.595. The molecule has 7 fully saturated rings. The van der Waals surface area contributed by atoms with Gasteiger partial charge in [-0.25, -0.2) is 0 Å². The first-order chi connectivity index (χ1) is 26.9. The summed E-state index contributed by atoms with van der Waals surface area (Å²) in [6.45, 7) is 6.06. The lowest BCUT2D eigenvalue weighted by Gasteiger charge is -2.64. The molecule has 7 rings (SSSR count). The largest absolute Gasteiger partial charge is 0.432 e. The number of rotatable bonds is 10. The van der Waals surface area contributed by atoms with Crippen LogP contribution in [-0.2, 0) is 33.2 Å². The average molecular weight is 819 g/mol. The smallest absolute Gasteiger partial charge is 0.314 e. The molecule has 4 saturated carbocycles. The van der Waals surface area contributed by atoms with Gasteiger partial charge in [0.25, 0.3) is 0 Å². The highest BCUT2D eigenvalue weighted by Gasteiger charge is 2.69. The van der Waals surface area contributed by atoms with Gasteiger partial charge in [-0.05, 0) is 86.5 Å². The van der Waals surface area contributed by atoms with Crippen LogP contribution in [0.25, 0.3) is 0 Å². The number of hydrogen-bond acceptors (Lipinski definition) is 18. The molecule has 4 aliphatic carbocycles. The molecule has 17 unspecified atom stereocenters. The predicted molar refractivity (Wildman–Crippen MR) is 191 cm³/mol. The zero-order valence-corrected chi connectivity index (χ0v) is 32.5. The summed E-state index contributed by atoms with van der Waals surface area (Å²) in [4.78, 5) is 14.6. The molecular weight excluding hydrogens is 756 g/mol. The predicted octanol–water partition coefficient (Wildman–Crippen LogP) is -2.90. The topological polar surface area (TPSA) is 295 Å². The van der Waals surface area contributed by atoms with Crippen LogP contribution in [-0.4, -0.2) is 186 Å². The molecule has 3 heterocycles. The van der Waals surface area contributed by atoms with E-state index in [1.807, 2.05) is 6.92 Å². The summed E-state index contributed by atoms with van der Waals surface area (Å²) in [6.07, 6.45) is -16.3. The lowest BCUT2D eigenvalue weighted by Crippen LogP contribution is -2.64. The molecular formula is C39H62O18. The van der Waals surface area contributed by atoms with Gasteiger partial charge >= 0.3 is 5.97 Å². The molecule has 0 amide bonds. The third-order valence-corrected chi connectivity index (χ3v) is 15.3. The van der Waals surface area contributed by atoms with Crippen LogP contribution in [0.5, 0.6) is 0 Å². The van der Waals surface area contributed by atoms with Crippen LogP contribution in [0.2, 0.25) is 0 Å². The Balaban J connectivity index is 1.07. The average Bonchev–Trinajstić information content (AvgIpc) is 3.38. The summed E-state index contributed by atoms with van der Waals surface area (Å²) in [6, 6.07) is 0. The van der Waals surface area contributed by atoms with Crippen LogP contribution in [0.15, 0.2) is 12.2 Å². The second-order valence-corrected chi connectivity index (χ2v) is 18.4. The highest BCUT2D eigenvalue weighted by atomic mass is 16.7. The fraction of sp³-hybridized carbons (Fsp3) is 0.923. The van der Waals surface area contributed by atoms with E-state index >= 15 is 0 Å². The number of fused-ring (bicyclic) bond motifs is 3. The Morgan fingerprint density at radius 3 is 1.89 bits per heavy atom. The Labute approximate surface area is 330 Å². The van der Waals surface area contributed by atoms with Crippen molar-refractivity contribution in [2.24, 2.45) is 28.1 Å². The van der Waals surface area contributed by atoms with Crippen LogP contribution in [0.4, 0.5) is 0 Å². The number of ether oxygens (including phenoxy) is 6. The van der Waals surface area contributed by atoms with E-state index in [2.05, 4.69) is 13.5 Å². The van der Waals surface area contributed by atoms with E-state index in [0.29, 0.717) is 38.5 Å². The number of carbonyl (C=O) groups excluding carboxylic acids is 1. The Kier molecular flexibility index (Phi) is 12.3. The van der Waals surface area contributed by atoms with Crippen molar-refractivity contribution in [3.8, 4) is 0 Å². The molecule has 326 valence electrons. The first-order valence-electron chi connectivity index (χ1n) is 20.3. The maximum atomic E-state index is 14.6. The number of esters is 1. The summed E-state index contributed by atoms with van der Waals surface area (Å²) in [5, 5.41) is 114. The molecule has 0 aromatic rings. The van der Waals surface area contributed by atoms with Crippen LogP contribution >= 0.6 is 0 Å². The van der Waals surface area contributed by atoms with Crippen molar-refractivity contribution >= 4 is 5.97 Å². The minimum atomic E-state index is -1.72. The van der Waals surface area contributed by atoms with Crippen molar-refractivity contribution in [1.82, 2.24) is 0 Å². The van der Waals surface area contributed by atoms with E-state index in [1.165, 1.54) is 0 Å². The maximum Gasteiger partial charge on any atom is 0.314 e. The first kappa shape index (κ1) is 43.7. The van der Waals surface area contributed by atoms with Gasteiger partial charge in [-0.3, -0.25) is 4.79 Å². The second kappa shape index (κ2) is 16.1. The zero-order chi connectivity index (χ0) is 41.4. The minimum Gasteiger partial charge on any atom is -0.432 e. The summed E-state index contributed by atoms with van der Waals surface area (Å²) in [7, 11) is 0. The molecule has 0 aromatic heterocycles. The molecule has 57 heavy (non-hydrogen) atoms. The molecule has 1 spiro atoms. The van der Waals surface area contributed by atoms with Crippen molar-refractivity contribution in [2.75, 3.05) is 26.4 Å². The van der Waals surface area contributed by atoms with E-state index < -0.39 is 135 Å². The molecule has 3 aliphatic heterocycles. The van der Waals surface area contributed by atoms with Crippen molar-refractivity contribution in [3.05, 3.63) is 12.2 Å². The molecule has 3 saturated heterocycles. The van der Waals surface area contributed by atoms with Crippen molar-refractivity contribution in [1.29, 1.82) is 0 Å². The van der Waals surface area contributed by atoms with Gasteiger partial charge in [-0.2, -0.15) is 0 Å². The highest BCUT2D eigenvalue weighted by molar-refractivity contribution is 5.77. The second-order valence-electron chi connectivity index (χ2n) is 18.4. The van der Waals surface area contributed by atoms with Gasteiger partial charge in [0.05, 0.1) is 37.4 Å². The Hall–Kier alpha value is -1.43. The van der Waals surface area contributed by atoms with Gasteiger partial charge in [0.15, 0.2) is 6.29 Å². The van der Waals surface area contributed by atoms with Gasteiger partial charge in [-0.1, -0.05) is 19.9 Å². The minimum absolute atomic E-state index is 0.143. The summed E-state index contributed by atoms with van der Waals surface area (Å²) < 4.78 is 35.6. The first-order valence-corrected chi connectivity index (χ1v) is 20.3. The van der Waals surface area contributed by atoms with Gasteiger partial charge in [-0.15, -0.1) is 0 Å². The number of hydrogen-bond donors (Lipinski definition) is 11. The van der Waals surface area contributed by atoms with Gasteiger partial charge in [0.2, 0.25) is 6.29 Å². The highest BCUT2D eigenvalue weighted by Crippen LogP contribution is 2.73. The van der Waals surface area contributed by atoms with Crippen molar-refractivity contribution in [3.63, 3.8) is 0 Å². The molecule has 0 radical (unpaired) electrons. The molecule has 2 bridgehead atoms. The fourth-order valence-corrected chi connectivity index (χ4v) is 12.2. The van der Waals surface area contributed by atoms with E-state index in [1.54, 1.807) is 0 Å². The van der Waals surface area contributed by atoms with E-state index in [-0.39, 0.29) is 22.7 Å². The molecule has 18 heteroatoms. The van der Waals surface area contributed by atoms with E-state index in [9.17, 15) is 61.0 Å².